The summed E-state index contributed by atoms with van der Waals surface area (Å²) in [7, 11) is 0. The summed E-state index contributed by atoms with van der Waals surface area (Å²) < 4.78 is 7.29. The molecule has 138 valence electrons. The van der Waals surface area contributed by atoms with Crippen molar-refractivity contribution >= 4 is 21.6 Å². The molecule has 6 heteroatoms. The molecule has 0 aliphatic heterocycles. The average Bonchev–Trinajstić information content (AvgIpc) is 3.07. The fourth-order valence-electron chi connectivity index (χ4n) is 3.14. The zero-order chi connectivity index (χ0) is 19.5. The average molecular weight is 387 g/mol. The predicted molar refractivity (Wildman–Crippen MR) is 111 cm³/mol. The minimum absolute atomic E-state index is 0.0587. The van der Waals surface area contributed by atoms with E-state index < -0.39 is 0 Å². The molecule has 2 aromatic heterocycles. The van der Waals surface area contributed by atoms with Crippen LogP contribution >= 0.6 is 11.3 Å². The van der Waals surface area contributed by atoms with Crippen LogP contribution in [0.25, 0.3) is 21.3 Å². The molecule has 0 aliphatic rings. The summed E-state index contributed by atoms with van der Waals surface area (Å²) in [5, 5.41) is 9.50. The highest BCUT2D eigenvalue weighted by atomic mass is 32.1. The van der Waals surface area contributed by atoms with E-state index in [0.717, 1.165) is 20.8 Å². The summed E-state index contributed by atoms with van der Waals surface area (Å²) in [6.45, 7) is 2.75. The second kappa shape index (κ2) is 7.67. The number of aromatic nitrogens is 2. The van der Waals surface area contributed by atoms with Crippen LogP contribution in [-0.4, -0.2) is 16.2 Å². The number of rotatable bonds is 5. The van der Waals surface area contributed by atoms with E-state index in [1.807, 2.05) is 37.3 Å². The lowest BCUT2D eigenvalue weighted by molar-refractivity contribution is 0.296. The number of fused-ring (bicyclic) bond motifs is 1. The summed E-state index contributed by atoms with van der Waals surface area (Å²) in [6, 6.07) is 18.9. The van der Waals surface area contributed by atoms with Crippen molar-refractivity contribution in [3.8, 4) is 22.9 Å². The van der Waals surface area contributed by atoms with E-state index in [2.05, 4.69) is 11.1 Å². The second-order valence-electron chi connectivity index (χ2n) is 6.31. The highest BCUT2D eigenvalue weighted by Crippen LogP contribution is 2.35. The number of hydrogen-bond acceptors (Lipinski definition) is 5. The van der Waals surface area contributed by atoms with Crippen LogP contribution in [0.3, 0.4) is 0 Å². The van der Waals surface area contributed by atoms with E-state index in [9.17, 15) is 4.79 Å². The Morgan fingerprint density at radius 1 is 1.14 bits per heavy atom. The molecule has 4 rings (SSSR count). The Bertz CT molecular complexity index is 1220. The molecule has 4 aromatic rings. The van der Waals surface area contributed by atoms with Gasteiger partial charge in [0, 0.05) is 10.4 Å². The molecule has 0 fully saturated rings. The van der Waals surface area contributed by atoms with E-state index in [0.29, 0.717) is 29.9 Å². The van der Waals surface area contributed by atoms with Gasteiger partial charge in [0.15, 0.2) is 0 Å². The van der Waals surface area contributed by atoms with Crippen LogP contribution in [0.2, 0.25) is 0 Å². The molecule has 2 aromatic carbocycles. The quantitative estimate of drug-likeness (QED) is 0.509. The van der Waals surface area contributed by atoms with Gasteiger partial charge in [0.1, 0.15) is 17.2 Å². The zero-order valence-electron chi connectivity index (χ0n) is 15.3. The number of thiophene rings is 1. The van der Waals surface area contributed by atoms with Gasteiger partial charge in [0.05, 0.1) is 29.9 Å². The lowest BCUT2D eigenvalue weighted by atomic mass is 10.0. The fraction of sp³-hybridized carbons (Fsp3) is 0.136. The van der Waals surface area contributed by atoms with E-state index in [4.69, 9.17) is 10.00 Å². The first-order chi connectivity index (χ1) is 13.7. The molecule has 0 aliphatic carbocycles. The van der Waals surface area contributed by atoms with Crippen LogP contribution in [-0.2, 0) is 6.54 Å². The van der Waals surface area contributed by atoms with E-state index in [1.54, 1.807) is 35.2 Å². The third-order valence-electron chi connectivity index (χ3n) is 4.50. The number of benzene rings is 2. The lowest BCUT2D eigenvalue weighted by Gasteiger charge is -2.09. The van der Waals surface area contributed by atoms with Crippen molar-refractivity contribution in [1.29, 1.82) is 5.26 Å². The zero-order valence-corrected chi connectivity index (χ0v) is 16.1. The normalized spacial score (nSPS) is 10.7. The van der Waals surface area contributed by atoms with Crippen molar-refractivity contribution in [2.24, 2.45) is 0 Å². The molecular weight excluding hydrogens is 370 g/mol. The van der Waals surface area contributed by atoms with E-state index in [-0.39, 0.29) is 5.56 Å². The van der Waals surface area contributed by atoms with Crippen molar-refractivity contribution < 1.29 is 4.74 Å². The van der Waals surface area contributed by atoms with Gasteiger partial charge in [-0.1, -0.05) is 30.3 Å². The molecule has 0 saturated carbocycles. The van der Waals surface area contributed by atoms with Crippen LogP contribution in [0.4, 0.5) is 0 Å². The molecule has 28 heavy (non-hydrogen) atoms. The molecule has 5 nitrogen and oxygen atoms in total. The third-order valence-corrected chi connectivity index (χ3v) is 5.51. The van der Waals surface area contributed by atoms with Crippen LogP contribution in [0.1, 0.15) is 10.4 Å². The van der Waals surface area contributed by atoms with Gasteiger partial charge >= 0.3 is 0 Å². The SMILES string of the molecule is Cc1sc2ncn(CCOc3ccc(C#N)cc3)c(=O)c2c1-c1ccccc1. The van der Waals surface area contributed by atoms with Crippen LogP contribution in [0.15, 0.2) is 65.7 Å². The lowest BCUT2D eigenvalue weighted by Crippen LogP contribution is -2.23. The van der Waals surface area contributed by atoms with E-state index >= 15 is 0 Å². The maximum absolute atomic E-state index is 13.1. The highest BCUT2D eigenvalue weighted by Gasteiger charge is 2.16. The predicted octanol–water partition coefficient (Wildman–Crippen LogP) is 4.38. The monoisotopic (exact) mass is 387 g/mol. The van der Waals surface area contributed by atoms with Gasteiger partial charge in [-0.3, -0.25) is 9.36 Å². The van der Waals surface area contributed by atoms with Crippen LogP contribution in [0, 0.1) is 18.3 Å². The number of hydrogen-bond donors (Lipinski definition) is 0. The number of ether oxygens (including phenoxy) is 1. The molecule has 0 bridgehead atoms. The Morgan fingerprint density at radius 2 is 1.89 bits per heavy atom. The van der Waals surface area contributed by atoms with Crippen LogP contribution in [0.5, 0.6) is 5.75 Å². The van der Waals surface area contributed by atoms with Gasteiger partial charge in [-0.15, -0.1) is 11.3 Å². The molecule has 0 amide bonds. The molecule has 0 N–H and O–H groups in total. The minimum Gasteiger partial charge on any atom is -0.492 e. The van der Waals surface area contributed by atoms with Gasteiger partial charge < -0.3 is 4.74 Å². The first-order valence-corrected chi connectivity index (χ1v) is 9.66. The summed E-state index contributed by atoms with van der Waals surface area (Å²) in [4.78, 5) is 19.4. The minimum atomic E-state index is -0.0587. The highest BCUT2D eigenvalue weighted by molar-refractivity contribution is 7.19. The first kappa shape index (κ1) is 18.0. The fourth-order valence-corrected chi connectivity index (χ4v) is 4.14. The van der Waals surface area contributed by atoms with Crippen molar-refractivity contribution in [1.82, 2.24) is 9.55 Å². The molecular formula is C22H17N3O2S. The maximum Gasteiger partial charge on any atom is 0.262 e. The molecule has 2 heterocycles. The van der Waals surface area contributed by atoms with Gasteiger partial charge in [0.2, 0.25) is 0 Å². The van der Waals surface area contributed by atoms with Crippen molar-refractivity contribution in [3.05, 3.63) is 81.7 Å². The number of nitriles is 1. The van der Waals surface area contributed by atoms with E-state index in [1.165, 1.54) is 11.3 Å². The largest absolute Gasteiger partial charge is 0.492 e. The Kier molecular flexibility index (Phi) is 4.92. The molecule has 0 unspecified atom stereocenters. The smallest absolute Gasteiger partial charge is 0.262 e. The van der Waals surface area contributed by atoms with Gasteiger partial charge in [-0.25, -0.2) is 4.98 Å². The maximum atomic E-state index is 13.1. The molecule has 0 radical (unpaired) electrons. The Balaban J connectivity index is 1.61. The number of nitrogens with zero attached hydrogens (tertiary/aromatic N) is 3. The molecule has 0 spiro atoms. The van der Waals surface area contributed by atoms with Crippen molar-refractivity contribution in [2.45, 2.75) is 13.5 Å². The topological polar surface area (TPSA) is 67.9 Å². The van der Waals surface area contributed by atoms with Gasteiger partial charge in [-0.05, 0) is 36.8 Å². The Labute approximate surface area is 166 Å². The Morgan fingerprint density at radius 3 is 2.61 bits per heavy atom. The third kappa shape index (κ3) is 3.40. The van der Waals surface area contributed by atoms with Crippen molar-refractivity contribution in [3.63, 3.8) is 0 Å². The van der Waals surface area contributed by atoms with Gasteiger partial charge in [-0.2, -0.15) is 5.26 Å². The summed E-state index contributed by atoms with van der Waals surface area (Å²) in [5.41, 5.74) is 2.51. The van der Waals surface area contributed by atoms with Crippen LogP contribution < -0.4 is 10.3 Å². The summed E-state index contributed by atoms with van der Waals surface area (Å²) in [6.07, 6.45) is 1.58. The molecule has 0 saturated heterocycles. The van der Waals surface area contributed by atoms with Crippen molar-refractivity contribution in [2.75, 3.05) is 6.61 Å². The Hall–Kier alpha value is -3.43. The second-order valence-corrected chi connectivity index (χ2v) is 7.51. The standard InChI is InChI=1S/C22H17N3O2S/c1-15-19(17-5-3-2-4-6-17)20-21(28-15)24-14-25(22(20)26)11-12-27-18-9-7-16(13-23)8-10-18/h2-10,14H,11-12H2,1H3. The first-order valence-electron chi connectivity index (χ1n) is 8.84. The summed E-state index contributed by atoms with van der Waals surface area (Å²) in [5.74, 6) is 0.664. The molecule has 0 atom stereocenters. The number of aryl methyl sites for hydroxylation is 1. The van der Waals surface area contributed by atoms with Gasteiger partial charge in [0.25, 0.3) is 5.56 Å². The summed E-state index contributed by atoms with van der Waals surface area (Å²) >= 11 is 1.54.